The Kier molecular flexibility index (Phi) is 4.16. The van der Waals surface area contributed by atoms with E-state index in [9.17, 15) is 9.59 Å². The molecule has 0 aliphatic heterocycles. The van der Waals surface area contributed by atoms with Crippen molar-refractivity contribution < 1.29 is 4.79 Å². The van der Waals surface area contributed by atoms with Gasteiger partial charge in [0.2, 0.25) is 0 Å². The van der Waals surface area contributed by atoms with E-state index in [1.165, 1.54) is 0 Å². The van der Waals surface area contributed by atoms with Gasteiger partial charge < -0.3 is 4.98 Å². The van der Waals surface area contributed by atoms with E-state index in [4.69, 9.17) is 0 Å². The van der Waals surface area contributed by atoms with E-state index in [1.807, 2.05) is 36.4 Å². The molecule has 3 aromatic rings. The lowest BCUT2D eigenvalue weighted by Gasteiger charge is -2.02. The summed E-state index contributed by atoms with van der Waals surface area (Å²) in [5, 5.41) is 0.935. The van der Waals surface area contributed by atoms with Gasteiger partial charge in [-0.15, -0.1) is 0 Å². The largest absolute Gasteiger partial charge is 0.301 e. The summed E-state index contributed by atoms with van der Waals surface area (Å²) >= 11 is 1.14. The van der Waals surface area contributed by atoms with Crippen LogP contribution in [-0.4, -0.2) is 16.3 Å². The van der Waals surface area contributed by atoms with E-state index in [2.05, 4.69) is 9.97 Å². The fraction of sp³-hybridized carbons (Fsp3) is 0. The molecule has 0 radical (unpaired) electrons. The van der Waals surface area contributed by atoms with Crippen LogP contribution in [0.2, 0.25) is 0 Å². The third kappa shape index (κ3) is 3.15. The van der Waals surface area contributed by atoms with Gasteiger partial charge in [0.25, 0.3) is 5.56 Å². The smallest absolute Gasteiger partial charge is 0.259 e. The zero-order valence-corrected chi connectivity index (χ0v) is 12.3. The number of nitrogens with zero attached hydrogens (tertiary/aromatic N) is 1. The molecule has 0 saturated carbocycles. The molecule has 0 atom stereocenters. The fourth-order valence-corrected chi connectivity index (χ4v) is 2.78. The molecule has 0 bridgehead atoms. The van der Waals surface area contributed by atoms with E-state index in [1.54, 1.807) is 24.3 Å². The van der Waals surface area contributed by atoms with E-state index in [0.29, 0.717) is 21.0 Å². The van der Waals surface area contributed by atoms with Crippen molar-refractivity contribution in [1.82, 2.24) is 9.97 Å². The molecule has 1 N–H and O–H groups in total. The summed E-state index contributed by atoms with van der Waals surface area (Å²) in [6.07, 6.45) is 2.51. The van der Waals surface area contributed by atoms with Crippen molar-refractivity contribution in [1.29, 1.82) is 0 Å². The molecule has 5 heteroatoms. The van der Waals surface area contributed by atoms with Gasteiger partial charge in [-0.25, -0.2) is 4.98 Å². The number of rotatable bonds is 4. The quantitative estimate of drug-likeness (QED) is 0.348. The third-order valence-corrected chi connectivity index (χ3v) is 3.87. The predicted molar refractivity (Wildman–Crippen MR) is 88.7 cm³/mol. The normalized spacial score (nSPS) is 11.5. The predicted octanol–water partition coefficient (Wildman–Crippen LogP) is 3.26. The molecule has 1 heterocycles. The highest BCUT2D eigenvalue weighted by Crippen LogP contribution is 2.24. The summed E-state index contributed by atoms with van der Waals surface area (Å²) in [7, 11) is 0. The highest BCUT2D eigenvalue weighted by atomic mass is 32.2. The lowest BCUT2D eigenvalue weighted by Crippen LogP contribution is -2.08. The first-order valence-corrected chi connectivity index (χ1v) is 7.47. The first-order valence-electron chi connectivity index (χ1n) is 6.65. The number of para-hydroxylation sites is 1. The maximum absolute atomic E-state index is 12.0. The number of hydrogen-bond donors (Lipinski definition) is 1. The van der Waals surface area contributed by atoms with Crippen LogP contribution in [0.4, 0.5) is 0 Å². The summed E-state index contributed by atoms with van der Waals surface area (Å²) in [6, 6.07) is 16.6. The highest BCUT2D eigenvalue weighted by Gasteiger charge is 2.06. The fourth-order valence-electron chi connectivity index (χ4n) is 2.03. The topological polar surface area (TPSA) is 62.8 Å². The molecule has 3 rings (SSSR count). The van der Waals surface area contributed by atoms with Crippen LogP contribution in [0.15, 0.2) is 69.5 Å². The van der Waals surface area contributed by atoms with Crippen LogP contribution in [0.25, 0.3) is 17.0 Å². The van der Waals surface area contributed by atoms with Crippen LogP contribution >= 0.6 is 11.8 Å². The molecule has 4 nitrogen and oxygen atoms in total. The average molecular weight is 308 g/mol. The molecule has 0 amide bonds. The van der Waals surface area contributed by atoms with Crippen LogP contribution in [0.3, 0.4) is 0 Å². The standard InChI is InChI=1S/C17H12N2O2S/c20-11-13(10-12-6-2-1-3-7-12)22-17-18-15-9-5-4-8-14(15)16(21)19-17/h1-11H,(H,18,19,21)/b13-10-. The van der Waals surface area contributed by atoms with Crippen LogP contribution in [-0.2, 0) is 4.79 Å². The maximum Gasteiger partial charge on any atom is 0.259 e. The number of aldehydes is 1. The summed E-state index contributed by atoms with van der Waals surface area (Å²) in [5.74, 6) is 0. The van der Waals surface area contributed by atoms with Crippen molar-refractivity contribution in [2.45, 2.75) is 5.16 Å². The molecular weight excluding hydrogens is 296 g/mol. The Morgan fingerprint density at radius 3 is 2.55 bits per heavy atom. The van der Waals surface area contributed by atoms with Gasteiger partial charge in [-0.3, -0.25) is 9.59 Å². The number of fused-ring (bicyclic) bond motifs is 1. The Morgan fingerprint density at radius 2 is 1.77 bits per heavy atom. The highest BCUT2D eigenvalue weighted by molar-refractivity contribution is 8.03. The lowest BCUT2D eigenvalue weighted by molar-refractivity contribution is -0.104. The summed E-state index contributed by atoms with van der Waals surface area (Å²) in [5.41, 5.74) is 1.32. The van der Waals surface area contributed by atoms with E-state index < -0.39 is 0 Å². The van der Waals surface area contributed by atoms with Gasteiger partial charge in [-0.05, 0) is 35.5 Å². The molecule has 0 unspecified atom stereocenters. The second-order valence-corrected chi connectivity index (χ2v) is 5.63. The molecule has 0 spiro atoms. The number of thioether (sulfide) groups is 1. The van der Waals surface area contributed by atoms with Crippen molar-refractivity contribution in [2.24, 2.45) is 0 Å². The molecule has 1 aromatic heterocycles. The van der Waals surface area contributed by atoms with Gasteiger partial charge in [-0.2, -0.15) is 0 Å². The Balaban J connectivity index is 1.96. The SMILES string of the molecule is O=C/C(=C/c1ccccc1)Sc1nc2ccccc2c(=O)[nH]1. The van der Waals surface area contributed by atoms with Gasteiger partial charge in [0.15, 0.2) is 11.4 Å². The number of allylic oxidation sites excluding steroid dienone is 1. The van der Waals surface area contributed by atoms with Crippen LogP contribution in [0, 0.1) is 0 Å². The minimum Gasteiger partial charge on any atom is -0.301 e. The second kappa shape index (κ2) is 6.41. The molecule has 0 saturated heterocycles. The summed E-state index contributed by atoms with van der Waals surface area (Å²) < 4.78 is 0. The summed E-state index contributed by atoms with van der Waals surface area (Å²) in [4.78, 5) is 30.8. The number of carbonyl (C=O) groups excluding carboxylic acids is 1. The molecule has 108 valence electrons. The minimum absolute atomic E-state index is 0.210. The number of hydrogen-bond acceptors (Lipinski definition) is 4. The van der Waals surface area contributed by atoms with Gasteiger partial charge >= 0.3 is 0 Å². The Hall–Kier alpha value is -2.66. The zero-order valence-electron chi connectivity index (χ0n) is 11.5. The molecular formula is C17H12N2O2S. The molecule has 0 fully saturated rings. The number of nitrogens with one attached hydrogen (secondary N) is 1. The lowest BCUT2D eigenvalue weighted by atomic mass is 10.2. The number of aromatic nitrogens is 2. The van der Waals surface area contributed by atoms with Crippen molar-refractivity contribution in [3.05, 3.63) is 75.4 Å². The first-order chi connectivity index (χ1) is 10.8. The summed E-state index contributed by atoms with van der Waals surface area (Å²) in [6.45, 7) is 0. The number of aromatic amines is 1. The van der Waals surface area contributed by atoms with Gasteiger partial charge in [0.1, 0.15) is 0 Å². The van der Waals surface area contributed by atoms with Gasteiger partial charge in [0.05, 0.1) is 15.8 Å². The van der Waals surface area contributed by atoms with Crippen LogP contribution < -0.4 is 5.56 Å². The Morgan fingerprint density at radius 1 is 1.05 bits per heavy atom. The van der Waals surface area contributed by atoms with Crippen molar-refractivity contribution >= 4 is 35.0 Å². The maximum atomic E-state index is 12.0. The molecule has 2 aromatic carbocycles. The Labute approximate surface area is 130 Å². The van der Waals surface area contributed by atoms with Gasteiger partial charge in [0, 0.05) is 0 Å². The monoisotopic (exact) mass is 308 g/mol. The minimum atomic E-state index is -0.210. The van der Waals surface area contributed by atoms with Crippen LogP contribution in [0.1, 0.15) is 5.56 Å². The van der Waals surface area contributed by atoms with Crippen molar-refractivity contribution in [3.63, 3.8) is 0 Å². The number of carbonyl (C=O) groups is 1. The Bertz CT molecular complexity index is 901. The number of H-pyrrole nitrogens is 1. The number of benzene rings is 2. The van der Waals surface area contributed by atoms with Gasteiger partial charge in [-0.1, -0.05) is 42.5 Å². The van der Waals surface area contributed by atoms with E-state index in [0.717, 1.165) is 23.6 Å². The average Bonchev–Trinajstić information content (AvgIpc) is 2.55. The van der Waals surface area contributed by atoms with E-state index >= 15 is 0 Å². The second-order valence-electron chi connectivity index (χ2n) is 4.57. The molecule has 0 aliphatic rings. The van der Waals surface area contributed by atoms with Crippen LogP contribution in [0.5, 0.6) is 0 Å². The third-order valence-electron chi connectivity index (χ3n) is 3.03. The van der Waals surface area contributed by atoms with Crippen molar-refractivity contribution in [2.75, 3.05) is 0 Å². The molecule has 22 heavy (non-hydrogen) atoms. The zero-order chi connectivity index (χ0) is 15.4. The first kappa shape index (κ1) is 14.3. The van der Waals surface area contributed by atoms with Crippen molar-refractivity contribution in [3.8, 4) is 0 Å². The molecule has 0 aliphatic carbocycles. The van der Waals surface area contributed by atoms with E-state index in [-0.39, 0.29) is 5.56 Å².